The van der Waals surface area contributed by atoms with Crippen molar-refractivity contribution in [2.75, 3.05) is 39.3 Å². The second kappa shape index (κ2) is 7.21. The Bertz CT molecular complexity index is 135. The first-order valence-electron chi connectivity index (χ1n) is 5.90. The third kappa shape index (κ3) is 4.40. The Labute approximate surface area is 87.5 Å². The smallest absolute Gasteiger partial charge is 0.0443 e. The van der Waals surface area contributed by atoms with Gasteiger partial charge in [0.05, 0.1) is 0 Å². The summed E-state index contributed by atoms with van der Waals surface area (Å²) in [6, 6.07) is 0. The molecular formula is C11H24N2O. The zero-order chi connectivity index (χ0) is 10.2. The van der Waals surface area contributed by atoms with Crippen molar-refractivity contribution in [3.8, 4) is 0 Å². The van der Waals surface area contributed by atoms with Gasteiger partial charge in [-0.1, -0.05) is 6.92 Å². The number of nitrogens with zero attached hydrogens (tertiary/aromatic N) is 1. The Morgan fingerprint density at radius 1 is 1.36 bits per heavy atom. The Morgan fingerprint density at radius 2 is 2.07 bits per heavy atom. The summed E-state index contributed by atoms with van der Waals surface area (Å²) in [7, 11) is 0. The molecule has 0 aromatic carbocycles. The van der Waals surface area contributed by atoms with Crippen LogP contribution in [-0.2, 0) is 0 Å². The number of hydrogen-bond donors (Lipinski definition) is 2. The molecule has 1 fully saturated rings. The molecule has 0 aliphatic carbocycles. The Kier molecular flexibility index (Phi) is 6.15. The van der Waals surface area contributed by atoms with Gasteiger partial charge in [0.1, 0.15) is 0 Å². The fourth-order valence-electron chi connectivity index (χ4n) is 2.10. The molecule has 0 aromatic heterocycles. The topological polar surface area (TPSA) is 35.5 Å². The Balaban J connectivity index is 2.16. The highest BCUT2D eigenvalue weighted by Crippen LogP contribution is 2.13. The summed E-state index contributed by atoms with van der Waals surface area (Å²) in [5.41, 5.74) is 0. The van der Waals surface area contributed by atoms with Crippen molar-refractivity contribution in [2.24, 2.45) is 5.92 Å². The fourth-order valence-corrected chi connectivity index (χ4v) is 2.10. The van der Waals surface area contributed by atoms with E-state index >= 15 is 0 Å². The zero-order valence-corrected chi connectivity index (χ0v) is 9.34. The standard InChI is InChI=1S/C11H24N2O/c1-2-13(8-3-9-14)10-11-4-6-12-7-5-11/h11-12,14H,2-10H2,1H3. The van der Waals surface area contributed by atoms with E-state index in [4.69, 9.17) is 5.11 Å². The highest BCUT2D eigenvalue weighted by molar-refractivity contribution is 4.72. The lowest BCUT2D eigenvalue weighted by Gasteiger charge is -2.29. The molecule has 0 bridgehead atoms. The molecule has 1 saturated heterocycles. The molecule has 0 spiro atoms. The fraction of sp³-hybridized carbons (Fsp3) is 1.00. The van der Waals surface area contributed by atoms with Gasteiger partial charge in [0.2, 0.25) is 0 Å². The quantitative estimate of drug-likeness (QED) is 0.662. The second-order valence-corrected chi connectivity index (χ2v) is 4.16. The number of hydrogen-bond acceptors (Lipinski definition) is 3. The van der Waals surface area contributed by atoms with Crippen molar-refractivity contribution in [2.45, 2.75) is 26.2 Å². The van der Waals surface area contributed by atoms with Gasteiger partial charge < -0.3 is 15.3 Å². The van der Waals surface area contributed by atoms with Crippen molar-refractivity contribution < 1.29 is 5.11 Å². The van der Waals surface area contributed by atoms with Crippen LogP contribution in [0.2, 0.25) is 0 Å². The first-order valence-corrected chi connectivity index (χ1v) is 5.90. The lowest BCUT2D eigenvalue weighted by molar-refractivity contribution is 0.191. The summed E-state index contributed by atoms with van der Waals surface area (Å²) in [6.45, 7) is 8.28. The van der Waals surface area contributed by atoms with Gasteiger partial charge >= 0.3 is 0 Å². The van der Waals surface area contributed by atoms with Crippen molar-refractivity contribution >= 4 is 0 Å². The third-order valence-corrected chi connectivity index (χ3v) is 3.05. The van der Waals surface area contributed by atoms with Crippen LogP contribution in [0.3, 0.4) is 0 Å². The van der Waals surface area contributed by atoms with Gasteiger partial charge in [-0.2, -0.15) is 0 Å². The summed E-state index contributed by atoms with van der Waals surface area (Å²) in [4.78, 5) is 2.46. The third-order valence-electron chi connectivity index (χ3n) is 3.05. The van der Waals surface area contributed by atoms with E-state index < -0.39 is 0 Å². The van der Waals surface area contributed by atoms with Crippen LogP contribution in [0, 0.1) is 5.92 Å². The molecule has 84 valence electrons. The predicted molar refractivity (Wildman–Crippen MR) is 59.4 cm³/mol. The number of rotatable bonds is 6. The average molecular weight is 200 g/mol. The van der Waals surface area contributed by atoms with E-state index in [0.717, 1.165) is 25.4 Å². The molecule has 0 atom stereocenters. The van der Waals surface area contributed by atoms with Gasteiger partial charge in [-0.15, -0.1) is 0 Å². The lowest BCUT2D eigenvalue weighted by atomic mass is 9.97. The zero-order valence-electron chi connectivity index (χ0n) is 9.34. The molecule has 1 aliphatic heterocycles. The van der Waals surface area contributed by atoms with Crippen molar-refractivity contribution in [3.63, 3.8) is 0 Å². The summed E-state index contributed by atoms with van der Waals surface area (Å²) in [5.74, 6) is 0.870. The van der Waals surface area contributed by atoms with Crippen LogP contribution in [-0.4, -0.2) is 49.3 Å². The summed E-state index contributed by atoms with van der Waals surface area (Å²) < 4.78 is 0. The van der Waals surface area contributed by atoms with E-state index in [9.17, 15) is 0 Å². The average Bonchev–Trinajstić information content (AvgIpc) is 2.25. The summed E-state index contributed by atoms with van der Waals surface area (Å²) in [5, 5.41) is 12.2. The Hall–Kier alpha value is -0.120. The lowest BCUT2D eigenvalue weighted by Crippen LogP contribution is -2.36. The summed E-state index contributed by atoms with van der Waals surface area (Å²) in [6.07, 6.45) is 3.55. The van der Waals surface area contributed by atoms with Crippen molar-refractivity contribution in [3.05, 3.63) is 0 Å². The van der Waals surface area contributed by atoms with Crippen LogP contribution in [0.25, 0.3) is 0 Å². The number of aliphatic hydroxyl groups excluding tert-OH is 1. The first-order chi connectivity index (χ1) is 6.86. The van der Waals surface area contributed by atoms with Gasteiger partial charge in [0.15, 0.2) is 0 Å². The van der Waals surface area contributed by atoms with Gasteiger partial charge in [-0.05, 0) is 44.8 Å². The number of nitrogens with one attached hydrogen (secondary N) is 1. The largest absolute Gasteiger partial charge is 0.396 e. The van der Waals surface area contributed by atoms with Crippen LogP contribution >= 0.6 is 0 Å². The van der Waals surface area contributed by atoms with Crippen LogP contribution in [0.1, 0.15) is 26.2 Å². The van der Waals surface area contributed by atoms with E-state index in [-0.39, 0.29) is 0 Å². The molecule has 0 amide bonds. The molecule has 3 heteroatoms. The SMILES string of the molecule is CCN(CCCO)CC1CCNCC1. The van der Waals surface area contributed by atoms with Crippen LogP contribution in [0.5, 0.6) is 0 Å². The molecule has 0 saturated carbocycles. The molecule has 0 aromatic rings. The van der Waals surface area contributed by atoms with E-state index in [1.54, 1.807) is 0 Å². The minimum atomic E-state index is 0.322. The maximum atomic E-state index is 8.78. The minimum Gasteiger partial charge on any atom is -0.396 e. The summed E-state index contributed by atoms with van der Waals surface area (Å²) >= 11 is 0. The highest BCUT2D eigenvalue weighted by atomic mass is 16.3. The van der Waals surface area contributed by atoms with Crippen LogP contribution in [0.4, 0.5) is 0 Å². The molecule has 3 nitrogen and oxygen atoms in total. The normalized spacial score (nSPS) is 19.1. The van der Waals surface area contributed by atoms with Crippen LogP contribution in [0.15, 0.2) is 0 Å². The predicted octanol–water partition coefficient (Wildman–Crippen LogP) is 0.690. The second-order valence-electron chi connectivity index (χ2n) is 4.16. The molecule has 2 N–H and O–H groups in total. The van der Waals surface area contributed by atoms with Crippen molar-refractivity contribution in [1.82, 2.24) is 10.2 Å². The van der Waals surface area contributed by atoms with Gasteiger partial charge in [-0.3, -0.25) is 0 Å². The van der Waals surface area contributed by atoms with Gasteiger partial charge in [0, 0.05) is 19.7 Å². The molecule has 1 aliphatic rings. The highest BCUT2D eigenvalue weighted by Gasteiger charge is 2.15. The number of aliphatic hydroxyl groups is 1. The van der Waals surface area contributed by atoms with E-state index in [1.807, 2.05) is 0 Å². The molecule has 0 radical (unpaired) electrons. The van der Waals surface area contributed by atoms with E-state index in [2.05, 4.69) is 17.1 Å². The van der Waals surface area contributed by atoms with E-state index in [0.29, 0.717) is 6.61 Å². The minimum absolute atomic E-state index is 0.322. The van der Waals surface area contributed by atoms with E-state index in [1.165, 1.54) is 32.5 Å². The molecule has 0 unspecified atom stereocenters. The molecule has 1 rings (SSSR count). The molecular weight excluding hydrogens is 176 g/mol. The molecule has 1 heterocycles. The Morgan fingerprint density at radius 3 is 2.64 bits per heavy atom. The number of piperidine rings is 1. The van der Waals surface area contributed by atoms with Gasteiger partial charge in [-0.25, -0.2) is 0 Å². The monoisotopic (exact) mass is 200 g/mol. The van der Waals surface area contributed by atoms with Crippen molar-refractivity contribution in [1.29, 1.82) is 0 Å². The van der Waals surface area contributed by atoms with Gasteiger partial charge in [0.25, 0.3) is 0 Å². The maximum absolute atomic E-state index is 8.78. The molecule has 14 heavy (non-hydrogen) atoms. The maximum Gasteiger partial charge on any atom is 0.0443 e. The van der Waals surface area contributed by atoms with Crippen LogP contribution < -0.4 is 5.32 Å². The first kappa shape index (κ1) is 12.0.